The Morgan fingerprint density at radius 3 is 2.29 bits per heavy atom. The van der Waals surface area contributed by atoms with Gasteiger partial charge in [-0.2, -0.15) is 0 Å². The Kier molecular flexibility index (Phi) is 3.64. The summed E-state index contributed by atoms with van der Waals surface area (Å²) in [6.45, 7) is 0. The largest absolute Gasteiger partial charge is 0.378 e. The van der Waals surface area contributed by atoms with Crippen molar-refractivity contribution in [1.29, 1.82) is 0 Å². The number of hydrogen-bond acceptors (Lipinski definition) is 3. The van der Waals surface area contributed by atoms with Crippen LogP contribution in [0.25, 0.3) is 0 Å². The van der Waals surface area contributed by atoms with Gasteiger partial charge in [0.05, 0.1) is 6.04 Å². The summed E-state index contributed by atoms with van der Waals surface area (Å²) in [5.74, 6) is 3.15. The lowest BCUT2D eigenvalue weighted by Crippen LogP contribution is -2.37. The first-order valence-electron chi connectivity index (χ1n) is 8.49. The number of hydrogen-bond donors (Lipinski definition) is 2. The number of carbonyl (C=O) groups excluding carboxylic acids is 1. The third-order valence-corrected chi connectivity index (χ3v) is 6.85. The molecule has 6 unspecified atom stereocenters. The summed E-state index contributed by atoms with van der Waals surface area (Å²) < 4.78 is 0. The summed E-state index contributed by atoms with van der Waals surface area (Å²) >= 11 is 1.11. The molecule has 21 heavy (non-hydrogen) atoms. The van der Waals surface area contributed by atoms with Crippen molar-refractivity contribution in [2.24, 2.45) is 34.4 Å². The first kappa shape index (κ1) is 13.9. The molecule has 0 radical (unpaired) electrons. The Morgan fingerprint density at radius 2 is 1.71 bits per heavy atom. The molecule has 4 saturated carbocycles. The third kappa shape index (κ3) is 2.81. The topological polar surface area (TPSA) is 67.5 Å². The van der Waals surface area contributed by atoms with E-state index in [2.05, 4.69) is 10.3 Å². The van der Waals surface area contributed by atoms with Crippen molar-refractivity contribution in [3.63, 3.8) is 0 Å². The molecule has 116 valence electrons. The van der Waals surface area contributed by atoms with Gasteiger partial charge >= 0.3 is 0 Å². The molecule has 0 aromatic rings. The van der Waals surface area contributed by atoms with Crippen LogP contribution >= 0.6 is 11.8 Å². The molecule has 0 aliphatic heterocycles. The minimum atomic E-state index is -0.00282. The molecule has 4 nitrogen and oxygen atoms in total. The Bertz CT molecular complexity index is 466. The van der Waals surface area contributed by atoms with Gasteiger partial charge in [-0.15, -0.1) is 0 Å². The molecule has 0 aromatic carbocycles. The Hall–Kier alpha value is -0.710. The second-order valence-electron chi connectivity index (χ2n) is 7.52. The first-order chi connectivity index (χ1) is 10.2. The van der Waals surface area contributed by atoms with Gasteiger partial charge < -0.3 is 11.1 Å². The lowest BCUT2D eigenvalue weighted by atomic mass is 9.96. The number of nitrogens with one attached hydrogen (secondary N) is 1. The zero-order valence-electron chi connectivity index (χ0n) is 12.5. The van der Waals surface area contributed by atoms with Gasteiger partial charge in [-0.1, -0.05) is 12.8 Å². The van der Waals surface area contributed by atoms with Gasteiger partial charge in [-0.05, 0) is 62.2 Å². The van der Waals surface area contributed by atoms with Gasteiger partial charge in [-0.3, -0.25) is 9.79 Å². The minimum Gasteiger partial charge on any atom is -0.378 e. The maximum atomic E-state index is 12.1. The molecule has 3 N–H and O–H groups in total. The van der Waals surface area contributed by atoms with Crippen LogP contribution in [0.5, 0.6) is 0 Å². The van der Waals surface area contributed by atoms with Gasteiger partial charge in [0.25, 0.3) is 5.24 Å². The predicted octanol–water partition coefficient (Wildman–Crippen LogP) is 3.12. The number of thioether (sulfide) groups is 1. The molecule has 0 spiro atoms. The summed E-state index contributed by atoms with van der Waals surface area (Å²) in [7, 11) is 0. The molecule has 0 saturated heterocycles. The zero-order valence-corrected chi connectivity index (χ0v) is 13.3. The van der Waals surface area contributed by atoms with E-state index in [9.17, 15) is 4.79 Å². The SMILES string of the molecule is NC(=NC1CC2CCC1C2)SC(=O)NC1CC2CCC1C2. The van der Waals surface area contributed by atoms with E-state index in [0.717, 1.165) is 29.5 Å². The first-order valence-corrected chi connectivity index (χ1v) is 9.30. The molecule has 0 aromatic heterocycles. The minimum absolute atomic E-state index is 0.00282. The third-order valence-electron chi connectivity index (χ3n) is 6.23. The van der Waals surface area contributed by atoms with Crippen molar-refractivity contribution in [3.8, 4) is 0 Å². The highest BCUT2D eigenvalue weighted by atomic mass is 32.2. The molecule has 6 atom stereocenters. The van der Waals surface area contributed by atoms with Gasteiger partial charge in [-0.25, -0.2) is 0 Å². The Balaban J connectivity index is 1.28. The number of amidine groups is 1. The van der Waals surface area contributed by atoms with E-state index in [1.165, 1.54) is 51.4 Å². The van der Waals surface area contributed by atoms with Crippen molar-refractivity contribution >= 4 is 22.2 Å². The molecule has 5 heteroatoms. The second-order valence-corrected chi connectivity index (χ2v) is 8.52. The summed E-state index contributed by atoms with van der Waals surface area (Å²) in [6, 6.07) is 0.769. The van der Waals surface area contributed by atoms with Crippen molar-refractivity contribution in [2.45, 2.75) is 63.5 Å². The highest BCUT2D eigenvalue weighted by Crippen LogP contribution is 2.46. The fourth-order valence-electron chi connectivity index (χ4n) is 5.26. The number of amides is 1. The lowest BCUT2D eigenvalue weighted by molar-refractivity contribution is 0.251. The molecule has 4 aliphatic rings. The van der Waals surface area contributed by atoms with Crippen LogP contribution in [0.1, 0.15) is 51.4 Å². The highest BCUT2D eigenvalue weighted by Gasteiger charge is 2.41. The highest BCUT2D eigenvalue weighted by molar-refractivity contribution is 8.26. The number of rotatable bonds is 2. The molecule has 4 rings (SSSR count). The summed E-state index contributed by atoms with van der Waals surface area (Å²) in [5.41, 5.74) is 5.99. The standard InChI is InChI=1S/C16H25N3OS/c17-15(18-13-7-9-1-3-11(13)5-9)21-16(20)19-14-8-10-2-4-12(14)6-10/h9-14H,1-8H2,(H2,17,18)(H,19,20). The van der Waals surface area contributed by atoms with Crippen LogP contribution in [-0.2, 0) is 0 Å². The number of fused-ring (bicyclic) bond motifs is 4. The molecular weight excluding hydrogens is 282 g/mol. The Morgan fingerprint density at radius 1 is 1.00 bits per heavy atom. The summed E-state index contributed by atoms with van der Waals surface area (Å²) in [6.07, 6.45) is 10.3. The normalized spacial score (nSPS) is 44.5. The van der Waals surface area contributed by atoms with E-state index in [1.54, 1.807) is 0 Å². The van der Waals surface area contributed by atoms with E-state index in [-0.39, 0.29) is 5.24 Å². The Labute approximate surface area is 130 Å². The van der Waals surface area contributed by atoms with E-state index in [4.69, 9.17) is 5.73 Å². The van der Waals surface area contributed by atoms with Crippen molar-refractivity contribution in [2.75, 3.05) is 0 Å². The van der Waals surface area contributed by atoms with E-state index < -0.39 is 0 Å². The number of carbonyl (C=O) groups is 1. The molecule has 4 aliphatic carbocycles. The number of nitrogens with zero attached hydrogens (tertiary/aromatic N) is 1. The zero-order chi connectivity index (χ0) is 14.4. The fourth-order valence-corrected chi connectivity index (χ4v) is 5.84. The fraction of sp³-hybridized carbons (Fsp3) is 0.875. The molecule has 4 fully saturated rings. The van der Waals surface area contributed by atoms with Gasteiger partial charge in [0, 0.05) is 17.8 Å². The summed E-state index contributed by atoms with van der Waals surface area (Å²) in [4.78, 5) is 16.7. The average molecular weight is 307 g/mol. The second kappa shape index (κ2) is 5.49. The lowest BCUT2D eigenvalue weighted by Gasteiger charge is -2.22. The monoisotopic (exact) mass is 307 g/mol. The molecule has 4 bridgehead atoms. The maximum absolute atomic E-state index is 12.1. The quantitative estimate of drug-likeness (QED) is 0.608. The van der Waals surface area contributed by atoms with Crippen LogP contribution < -0.4 is 11.1 Å². The van der Waals surface area contributed by atoms with Crippen molar-refractivity contribution in [1.82, 2.24) is 5.32 Å². The van der Waals surface area contributed by atoms with Gasteiger partial charge in [0.15, 0.2) is 5.17 Å². The average Bonchev–Trinajstić information content (AvgIpc) is 3.18. The van der Waals surface area contributed by atoms with Crippen molar-refractivity contribution in [3.05, 3.63) is 0 Å². The smallest absolute Gasteiger partial charge is 0.286 e. The maximum Gasteiger partial charge on any atom is 0.286 e. The predicted molar refractivity (Wildman–Crippen MR) is 86.2 cm³/mol. The van der Waals surface area contributed by atoms with Crippen LogP contribution in [0, 0.1) is 23.7 Å². The van der Waals surface area contributed by atoms with Crippen LogP contribution in [0.15, 0.2) is 4.99 Å². The van der Waals surface area contributed by atoms with Crippen LogP contribution in [0.3, 0.4) is 0 Å². The van der Waals surface area contributed by atoms with Crippen LogP contribution in [0.4, 0.5) is 4.79 Å². The van der Waals surface area contributed by atoms with E-state index in [1.807, 2.05) is 0 Å². The number of aliphatic imine (C=N–C) groups is 1. The van der Waals surface area contributed by atoms with E-state index >= 15 is 0 Å². The molecule has 1 amide bonds. The molecule has 0 heterocycles. The van der Waals surface area contributed by atoms with E-state index in [0.29, 0.717) is 23.2 Å². The summed E-state index contributed by atoms with van der Waals surface area (Å²) in [5, 5.41) is 3.63. The van der Waals surface area contributed by atoms with Crippen LogP contribution in [0.2, 0.25) is 0 Å². The van der Waals surface area contributed by atoms with Gasteiger partial charge in [0.2, 0.25) is 0 Å². The van der Waals surface area contributed by atoms with Gasteiger partial charge in [0.1, 0.15) is 0 Å². The van der Waals surface area contributed by atoms with Crippen LogP contribution in [-0.4, -0.2) is 22.5 Å². The number of nitrogens with two attached hydrogens (primary N) is 1. The molecular formula is C16H25N3OS. The van der Waals surface area contributed by atoms with Crippen molar-refractivity contribution < 1.29 is 4.79 Å².